The fourth-order valence-corrected chi connectivity index (χ4v) is 2.57. The van der Waals surface area contributed by atoms with E-state index in [0.717, 1.165) is 0 Å². The zero-order valence-electron chi connectivity index (χ0n) is 5.87. The summed E-state index contributed by atoms with van der Waals surface area (Å²) in [6, 6.07) is 0. The standard InChI is InChI=1S/C7H9BrO3/c8-7-3-1-6(10)11-5(3)2-4(7)9/h3-5,7,9H,1-2H2/t3-,4+,5-,7+/m0/s1. The minimum Gasteiger partial charge on any atom is -0.462 e. The molecule has 0 amide bonds. The first-order chi connectivity index (χ1) is 5.18. The molecule has 1 heterocycles. The number of fused-ring (bicyclic) bond motifs is 1. The SMILES string of the molecule is O=C1C[C@@H]2[C@@H](Br)[C@H](O)C[C@@H]2O1. The molecule has 2 fully saturated rings. The number of halogens is 1. The molecule has 2 rings (SSSR count). The van der Waals surface area contributed by atoms with E-state index >= 15 is 0 Å². The monoisotopic (exact) mass is 220 g/mol. The Balaban J connectivity index is 2.13. The lowest BCUT2D eigenvalue weighted by atomic mass is 10.1. The number of aliphatic hydroxyl groups is 1. The summed E-state index contributed by atoms with van der Waals surface area (Å²) in [6.45, 7) is 0. The van der Waals surface area contributed by atoms with Gasteiger partial charge in [-0.05, 0) is 0 Å². The van der Waals surface area contributed by atoms with E-state index < -0.39 is 0 Å². The summed E-state index contributed by atoms with van der Waals surface area (Å²) in [5.41, 5.74) is 0. The molecule has 62 valence electrons. The smallest absolute Gasteiger partial charge is 0.306 e. The first-order valence-electron chi connectivity index (χ1n) is 3.70. The van der Waals surface area contributed by atoms with Crippen molar-refractivity contribution in [2.75, 3.05) is 0 Å². The van der Waals surface area contributed by atoms with Crippen LogP contribution in [0.4, 0.5) is 0 Å². The molecule has 0 aromatic carbocycles. The maximum absolute atomic E-state index is 10.8. The first kappa shape index (κ1) is 7.55. The number of carbonyl (C=O) groups excluding carboxylic acids is 1. The van der Waals surface area contributed by atoms with Gasteiger partial charge in [-0.15, -0.1) is 0 Å². The summed E-state index contributed by atoms with van der Waals surface area (Å²) < 4.78 is 5.00. The van der Waals surface area contributed by atoms with Crippen molar-refractivity contribution in [3.05, 3.63) is 0 Å². The minimum atomic E-state index is -0.349. The lowest BCUT2D eigenvalue weighted by Gasteiger charge is -2.09. The summed E-state index contributed by atoms with van der Waals surface area (Å²) in [5, 5.41) is 9.35. The van der Waals surface area contributed by atoms with Gasteiger partial charge in [0.2, 0.25) is 0 Å². The van der Waals surface area contributed by atoms with Gasteiger partial charge in [-0.2, -0.15) is 0 Å². The van der Waals surface area contributed by atoms with Gasteiger partial charge in [0.15, 0.2) is 0 Å². The highest BCUT2D eigenvalue weighted by atomic mass is 79.9. The van der Waals surface area contributed by atoms with Crippen LogP contribution in [0.25, 0.3) is 0 Å². The largest absolute Gasteiger partial charge is 0.462 e. The predicted octanol–water partition coefficient (Wildman–Crippen LogP) is 0.446. The van der Waals surface area contributed by atoms with E-state index in [2.05, 4.69) is 15.9 Å². The highest BCUT2D eigenvalue weighted by Crippen LogP contribution is 2.40. The average molecular weight is 221 g/mol. The molecule has 0 unspecified atom stereocenters. The molecule has 4 atom stereocenters. The molecule has 0 bridgehead atoms. The molecular weight excluding hydrogens is 212 g/mol. The van der Waals surface area contributed by atoms with Crippen LogP contribution in [0.1, 0.15) is 12.8 Å². The third kappa shape index (κ3) is 1.08. The lowest BCUT2D eigenvalue weighted by Crippen LogP contribution is -2.19. The summed E-state index contributed by atoms with van der Waals surface area (Å²) in [5.74, 6) is 0.0638. The summed E-state index contributed by atoms with van der Waals surface area (Å²) >= 11 is 3.36. The van der Waals surface area contributed by atoms with Gasteiger partial charge >= 0.3 is 5.97 Å². The molecule has 1 N–H and O–H groups in total. The Kier molecular flexibility index (Phi) is 1.68. The fraction of sp³-hybridized carbons (Fsp3) is 0.857. The topological polar surface area (TPSA) is 46.5 Å². The molecule has 2 aliphatic rings. The van der Waals surface area contributed by atoms with Gasteiger partial charge < -0.3 is 9.84 Å². The number of rotatable bonds is 0. The second kappa shape index (κ2) is 2.45. The summed E-state index contributed by atoms with van der Waals surface area (Å²) in [7, 11) is 0. The summed E-state index contributed by atoms with van der Waals surface area (Å²) in [4.78, 5) is 10.8. The van der Waals surface area contributed by atoms with Crippen LogP contribution in [-0.4, -0.2) is 28.1 Å². The first-order valence-corrected chi connectivity index (χ1v) is 4.61. The zero-order valence-corrected chi connectivity index (χ0v) is 7.45. The van der Waals surface area contributed by atoms with Crippen LogP contribution >= 0.6 is 15.9 Å². The number of carbonyl (C=O) groups is 1. The Morgan fingerprint density at radius 2 is 2.36 bits per heavy atom. The maximum atomic E-state index is 10.8. The van der Waals surface area contributed by atoms with Crippen molar-refractivity contribution in [2.45, 2.75) is 29.9 Å². The van der Waals surface area contributed by atoms with Crippen molar-refractivity contribution in [3.63, 3.8) is 0 Å². The van der Waals surface area contributed by atoms with Crippen molar-refractivity contribution < 1.29 is 14.6 Å². The quantitative estimate of drug-likeness (QED) is 0.477. The van der Waals surface area contributed by atoms with Crippen LogP contribution < -0.4 is 0 Å². The number of aliphatic hydroxyl groups excluding tert-OH is 1. The number of alkyl halides is 1. The van der Waals surface area contributed by atoms with Gasteiger partial charge in [-0.25, -0.2) is 0 Å². The van der Waals surface area contributed by atoms with E-state index in [4.69, 9.17) is 4.74 Å². The molecular formula is C7H9BrO3. The molecule has 0 aromatic rings. The van der Waals surface area contributed by atoms with E-state index in [1.54, 1.807) is 0 Å². The third-order valence-corrected chi connectivity index (χ3v) is 3.70. The van der Waals surface area contributed by atoms with Crippen molar-refractivity contribution in [2.24, 2.45) is 5.92 Å². The Bertz CT molecular complexity index is 194. The Morgan fingerprint density at radius 1 is 1.64 bits per heavy atom. The van der Waals surface area contributed by atoms with E-state index in [0.29, 0.717) is 12.8 Å². The normalized spacial score (nSPS) is 49.1. The molecule has 0 spiro atoms. The molecule has 1 aliphatic carbocycles. The second-order valence-electron chi connectivity index (χ2n) is 3.14. The minimum absolute atomic E-state index is 0.0399. The van der Waals surface area contributed by atoms with Crippen molar-refractivity contribution >= 4 is 21.9 Å². The molecule has 4 heteroatoms. The van der Waals surface area contributed by atoms with Gasteiger partial charge in [-0.3, -0.25) is 4.79 Å². The molecule has 3 nitrogen and oxygen atoms in total. The average Bonchev–Trinajstić information content (AvgIpc) is 2.37. The van der Waals surface area contributed by atoms with Crippen molar-refractivity contribution in [3.8, 4) is 0 Å². The lowest BCUT2D eigenvalue weighted by molar-refractivity contribution is -0.141. The van der Waals surface area contributed by atoms with Gasteiger partial charge in [0.1, 0.15) is 6.10 Å². The summed E-state index contributed by atoms with van der Waals surface area (Å²) in [6.07, 6.45) is 0.657. The van der Waals surface area contributed by atoms with Crippen molar-refractivity contribution in [1.82, 2.24) is 0 Å². The Hall–Kier alpha value is -0.0900. The number of esters is 1. The maximum Gasteiger partial charge on any atom is 0.306 e. The number of ether oxygens (including phenoxy) is 1. The Morgan fingerprint density at radius 3 is 3.00 bits per heavy atom. The second-order valence-corrected chi connectivity index (χ2v) is 4.20. The molecule has 11 heavy (non-hydrogen) atoms. The van der Waals surface area contributed by atoms with E-state index in [-0.39, 0.29) is 28.9 Å². The molecule has 0 aromatic heterocycles. The third-order valence-electron chi connectivity index (χ3n) is 2.41. The van der Waals surface area contributed by atoms with E-state index in [9.17, 15) is 9.90 Å². The number of hydrogen-bond acceptors (Lipinski definition) is 3. The van der Waals surface area contributed by atoms with Crippen LogP contribution in [0.5, 0.6) is 0 Å². The molecule has 1 saturated heterocycles. The van der Waals surface area contributed by atoms with Crippen molar-refractivity contribution in [1.29, 1.82) is 0 Å². The molecule has 0 radical (unpaired) electrons. The van der Waals surface area contributed by atoms with Crippen LogP contribution in [0, 0.1) is 5.92 Å². The van der Waals surface area contributed by atoms with E-state index in [1.165, 1.54) is 0 Å². The van der Waals surface area contributed by atoms with Crippen LogP contribution in [-0.2, 0) is 9.53 Å². The van der Waals surface area contributed by atoms with E-state index in [1.807, 2.05) is 0 Å². The van der Waals surface area contributed by atoms with Crippen LogP contribution in [0.2, 0.25) is 0 Å². The molecule has 1 aliphatic heterocycles. The molecule has 1 saturated carbocycles. The zero-order chi connectivity index (χ0) is 8.01. The highest BCUT2D eigenvalue weighted by Gasteiger charge is 2.48. The van der Waals surface area contributed by atoms with Gasteiger partial charge in [0.05, 0.1) is 12.5 Å². The van der Waals surface area contributed by atoms with Gasteiger partial charge in [-0.1, -0.05) is 15.9 Å². The number of hydrogen-bond donors (Lipinski definition) is 1. The van der Waals surface area contributed by atoms with Crippen LogP contribution in [0.3, 0.4) is 0 Å². The van der Waals surface area contributed by atoms with Crippen LogP contribution in [0.15, 0.2) is 0 Å². The fourth-order valence-electron chi connectivity index (χ4n) is 1.82. The predicted molar refractivity (Wildman–Crippen MR) is 41.3 cm³/mol. The van der Waals surface area contributed by atoms with Gasteiger partial charge in [0.25, 0.3) is 0 Å². The highest BCUT2D eigenvalue weighted by molar-refractivity contribution is 9.09. The Labute approximate surface area is 72.9 Å². The van der Waals surface area contributed by atoms with Gasteiger partial charge in [0, 0.05) is 17.2 Å².